The fraction of sp³-hybridized carbons (Fsp3) is 0.125. The zero-order chi connectivity index (χ0) is 9.14. The van der Waals surface area contributed by atoms with E-state index in [2.05, 4.69) is 4.99 Å². The summed E-state index contributed by atoms with van der Waals surface area (Å²) in [5, 5.41) is 1.00. The molecule has 1 aromatic carbocycles. The first-order valence-corrected chi connectivity index (χ1v) is 4.11. The second-order valence-electron chi connectivity index (χ2n) is 2.35. The number of nitrogens with zero attached hydrogens (tertiary/aromatic N) is 1. The Morgan fingerprint density at radius 1 is 1.33 bits per heavy atom. The number of hydrogen-bond donors (Lipinski definition) is 1. The minimum absolute atomic E-state index is 0.485. The van der Waals surface area contributed by atoms with Crippen molar-refractivity contribution in [3.05, 3.63) is 28.2 Å². The third kappa shape index (κ3) is 2.40. The Balaban J connectivity index is 3.05. The molecule has 0 saturated heterocycles. The highest BCUT2D eigenvalue weighted by molar-refractivity contribution is 6.42. The highest BCUT2D eigenvalue weighted by Crippen LogP contribution is 2.26. The van der Waals surface area contributed by atoms with E-state index < -0.39 is 0 Å². The van der Waals surface area contributed by atoms with Gasteiger partial charge >= 0.3 is 0 Å². The topological polar surface area (TPSA) is 38.4 Å². The number of hydrogen-bond acceptors (Lipinski definition) is 1. The largest absolute Gasteiger partial charge is 0.387 e. The van der Waals surface area contributed by atoms with Crippen LogP contribution in [0.25, 0.3) is 0 Å². The van der Waals surface area contributed by atoms with Gasteiger partial charge in [0.2, 0.25) is 0 Å². The summed E-state index contributed by atoms with van der Waals surface area (Å²) in [7, 11) is 0. The molecule has 0 aliphatic rings. The van der Waals surface area contributed by atoms with E-state index in [0.717, 1.165) is 0 Å². The Hall–Kier alpha value is -0.730. The molecule has 1 rings (SSSR count). The summed E-state index contributed by atoms with van der Waals surface area (Å²) >= 11 is 11.5. The van der Waals surface area contributed by atoms with Crippen molar-refractivity contribution < 1.29 is 0 Å². The van der Waals surface area contributed by atoms with Crippen LogP contribution < -0.4 is 5.73 Å². The van der Waals surface area contributed by atoms with E-state index in [4.69, 9.17) is 28.9 Å². The summed E-state index contributed by atoms with van der Waals surface area (Å²) in [6, 6.07) is 5.11. The van der Waals surface area contributed by atoms with Crippen LogP contribution in [0.15, 0.2) is 23.2 Å². The standard InChI is InChI=1S/C8H8Cl2N2/c1-5(11)12-6-2-3-7(9)8(10)4-6/h2-4H,1H3,(H2,11,12). The molecule has 0 heterocycles. The second-order valence-corrected chi connectivity index (χ2v) is 3.17. The second kappa shape index (κ2) is 3.78. The van der Waals surface area contributed by atoms with Crippen molar-refractivity contribution in [2.75, 3.05) is 0 Å². The molecule has 0 aliphatic carbocycles. The smallest absolute Gasteiger partial charge is 0.0964 e. The average molecular weight is 203 g/mol. The van der Waals surface area contributed by atoms with Crippen molar-refractivity contribution in [3.63, 3.8) is 0 Å². The SMILES string of the molecule is CC(N)=Nc1ccc(Cl)c(Cl)c1. The molecule has 0 aliphatic heterocycles. The molecule has 0 spiro atoms. The van der Waals surface area contributed by atoms with Crippen molar-refractivity contribution in [2.45, 2.75) is 6.92 Å². The number of halogens is 2. The lowest BCUT2D eigenvalue weighted by atomic mass is 10.3. The quantitative estimate of drug-likeness (QED) is 0.552. The fourth-order valence-corrected chi connectivity index (χ4v) is 1.05. The predicted octanol–water partition coefficient (Wildman–Crippen LogP) is 3.00. The molecule has 0 saturated carbocycles. The van der Waals surface area contributed by atoms with Crippen molar-refractivity contribution in [2.24, 2.45) is 10.7 Å². The normalized spacial score (nSPS) is 11.8. The maximum atomic E-state index is 5.76. The van der Waals surface area contributed by atoms with Gasteiger partial charge in [0.1, 0.15) is 0 Å². The van der Waals surface area contributed by atoms with Gasteiger partial charge in [-0.3, -0.25) is 0 Å². The Morgan fingerprint density at radius 3 is 2.50 bits per heavy atom. The van der Waals surface area contributed by atoms with Crippen LogP contribution in [0.2, 0.25) is 10.0 Å². The molecule has 0 bridgehead atoms. The minimum atomic E-state index is 0.485. The minimum Gasteiger partial charge on any atom is -0.387 e. The molecule has 12 heavy (non-hydrogen) atoms. The summed E-state index contributed by atoms with van der Waals surface area (Å²) in [5.41, 5.74) is 6.10. The van der Waals surface area contributed by atoms with E-state index in [-0.39, 0.29) is 0 Å². The lowest BCUT2D eigenvalue weighted by molar-refractivity contribution is 1.45. The Bertz CT molecular complexity index is 317. The van der Waals surface area contributed by atoms with Gasteiger partial charge in [-0.05, 0) is 25.1 Å². The van der Waals surface area contributed by atoms with Crippen LogP contribution in [-0.4, -0.2) is 5.84 Å². The molecule has 0 fully saturated rings. The molecule has 4 heteroatoms. The van der Waals surface area contributed by atoms with E-state index in [9.17, 15) is 0 Å². The molecular formula is C8H8Cl2N2. The van der Waals surface area contributed by atoms with E-state index in [1.54, 1.807) is 25.1 Å². The lowest BCUT2D eigenvalue weighted by Gasteiger charge is -1.97. The summed E-state index contributed by atoms with van der Waals surface area (Å²) in [6.45, 7) is 1.71. The summed E-state index contributed by atoms with van der Waals surface area (Å²) in [4.78, 5) is 4.01. The Kier molecular flexibility index (Phi) is 2.95. The number of amidine groups is 1. The van der Waals surface area contributed by atoms with Gasteiger partial charge in [0.05, 0.1) is 21.6 Å². The van der Waals surface area contributed by atoms with Gasteiger partial charge in [0, 0.05) is 0 Å². The number of nitrogens with two attached hydrogens (primary N) is 1. The number of benzene rings is 1. The summed E-state index contributed by atoms with van der Waals surface area (Å²) < 4.78 is 0. The molecule has 0 radical (unpaired) electrons. The Labute approximate surface area is 81.0 Å². The maximum absolute atomic E-state index is 5.76. The van der Waals surface area contributed by atoms with E-state index in [1.165, 1.54) is 0 Å². The van der Waals surface area contributed by atoms with Gasteiger partial charge < -0.3 is 5.73 Å². The molecule has 2 nitrogen and oxygen atoms in total. The van der Waals surface area contributed by atoms with Crippen molar-refractivity contribution in [1.82, 2.24) is 0 Å². The van der Waals surface area contributed by atoms with Crippen molar-refractivity contribution in [1.29, 1.82) is 0 Å². The summed E-state index contributed by atoms with van der Waals surface area (Å²) in [6.07, 6.45) is 0. The number of aliphatic imine (C=N–C) groups is 1. The van der Waals surface area contributed by atoms with E-state index >= 15 is 0 Å². The van der Waals surface area contributed by atoms with Crippen molar-refractivity contribution >= 4 is 34.7 Å². The van der Waals surface area contributed by atoms with Gasteiger partial charge in [-0.15, -0.1) is 0 Å². The van der Waals surface area contributed by atoms with Crippen molar-refractivity contribution in [3.8, 4) is 0 Å². The van der Waals surface area contributed by atoms with Crippen LogP contribution >= 0.6 is 23.2 Å². The maximum Gasteiger partial charge on any atom is 0.0964 e. The molecule has 0 unspecified atom stereocenters. The van der Waals surface area contributed by atoms with Gasteiger partial charge in [0.15, 0.2) is 0 Å². The van der Waals surface area contributed by atoms with Gasteiger partial charge in [0.25, 0.3) is 0 Å². The predicted molar refractivity (Wildman–Crippen MR) is 53.4 cm³/mol. The third-order valence-corrected chi connectivity index (χ3v) is 1.95. The lowest BCUT2D eigenvalue weighted by Crippen LogP contribution is -2.03. The van der Waals surface area contributed by atoms with Crippen LogP contribution in [0.1, 0.15) is 6.92 Å². The molecule has 0 atom stereocenters. The molecular weight excluding hydrogens is 195 g/mol. The molecule has 64 valence electrons. The fourth-order valence-electron chi connectivity index (χ4n) is 0.758. The molecule has 1 aromatic rings. The average Bonchev–Trinajstić information content (AvgIpc) is 1.96. The monoisotopic (exact) mass is 202 g/mol. The highest BCUT2D eigenvalue weighted by atomic mass is 35.5. The van der Waals surface area contributed by atoms with Crippen LogP contribution in [0.4, 0.5) is 5.69 Å². The first-order chi connectivity index (χ1) is 5.59. The highest BCUT2D eigenvalue weighted by Gasteiger charge is 1.97. The first-order valence-electron chi connectivity index (χ1n) is 3.35. The zero-order valence-electron chi connectivity index (χ0n) is 6.51. The molecule has 2 N–H and O–H groups in total. The summed E-state index contributed by atoms with van der Waals surface area (Å²) in [5.74, 6) is 0.494. The third-order valence-electron chi connectivity index (χ3n) is 1.21. The number of rotatable bonds is 1. The van der Waals surface area contributed by atoms with Crippen LogP contribution in [-0.2, 0) is 0 Å². The first kappa shape index (κ1) is 9.36. The van der Waals surface area contributed by atoms with E-state index in [0.29, 0.717) is 21.6 Å². The van der Waals surface area contributed by atoms with Crippen LogP contribution in [0.5, 0.6) is 0 Å². The molecule has 0 amide bonds. The van der Waals surface area contributed by atoms with Crippen LogP contribution in [0.3, 0.4) is 0 Å². The molecule has 0 aromatic heterocycles. The van der Waals surface area contributed by atoms with Gasteiger partial charge in [-0.1, -0.05) is 23.2 Å². The zero-order valence-corrected chi connectivity index (χ0v) is 8.02. The van der Waals surface area contributed by atoms with Gasteiger partial charge in [-0.25, -0.2) is 4.99 Å². The van der Waals surface area contributed by atoms with Gasteiger partial charge in [-0.2, -0.15) is 0 Å². The van der Waals surface area contributed by atoms with E-state index in [1.807, 2.05) is 0 Å². The Morgan fingerprint density at radius 2 is 2.00 bits per heavy atom. The van der Waals surface area contributed by atoms with Crippen LogP contribution in [0, 0.1) is 0 Å².